The molecule has 0 aliphatic rings. The Bertz CT molecular complexity index is 324. The second-order valence-corrected chi connectivity index (χ2v) is 4.55. The second-order valence-electron chi connectivity index (χ2n) is 2.50. The van der Waals surface area contributed by atoms with E-state index in [1.165, 1.54) is 7.05 Å². The van der Waals surface area contributed by atoms with Gasteiger partial charge >= 0.3 is 11.9 Å². The first-order chi connectivity index (χ1) is 6.93. The van der Waals surface area contributed by atoms with Crippen LogP contribution in [0.5, 0.6) is 0 Å². The van der Waals surface area contributed by atoms with Crippen LogP contribution in [-0.4, -0.2) is 46.2 Å². The first-order valence-electron chi connectivity index (χ1n) is 4.29. The maximum absolute atomic E-state index is 10.9. The zero-order valence-corrected chi connectivity index (χ0v) is 9.39. The van der Waals surface area contributed by atoms with Gasteiger partial charge in [0.25, 0.3) is 0 Å². The number of sulfonamides is 1. The van der Waals surface area contributed by atoms with Crippen LogP contribution in [-0.2, 0) is 24.3 Å². The zero-order chi connectivity index (χ0) is 11.9. The monoisotopic (exact) mass is 238 g/mol. The summed E-state index contributed by atoms with van der Waals surface area (Å²) < 4.78 is 28.3. The van der Waals surface area contributed by atoms with Gasteiger partial charge in [0.2, 0.25) is 10.0 Å². The molecule has 0 saturated heterocycles. The molecule has 0 aromatic carbocycles. The first kappa shape index (κ1) is 13.8. The number of carbonyl (C=O) groups is 2. The summed E-state index contributed by atoms with van der Waals surface area (Å²) in [7, 11) is -2.10. The summed E-state index contributed by atoms with van der Waals surface area (Å²) >= 11 is 0. The molecule has 0 atom stereocenters. The summed E-state index contributed by atoms with van der Waals surface area (Å²) in [6.45, 7) is 1.53. The van der Waals surface area contributed by atoms with Crippen LogP contribution in [0.4, 0.5) is 0 Å². The van der Waals surface area contributed by atoms with Crippen LogP contribution in [0.15, 0.2) is 0 Å². The van der Waals surface area contributed by atoms with Gasteiger partial charge in [0, 0.05) is 6.54 Å². The summed E-state index contributed by atoms with van der Waals surface area (Å²) in [4.78, 5) is 21.7. The number of carbonyl (C=O) groups excluding carboxylic acids is 2. The molecule has 1 amide bonds. The van der Waals surface area contributed by atoms with Crippen molar-refractivity contribution in [2.75, 3.05) is 26.0 Å². The van der Waals surface area contributed by atoms with Gasteiger partial charge in [-0.15, -0.1) is 0 Å². The average molecular weight is 238 g/mol. The van der Waals surface area contributed by atoms with Gasteiger partial charge in [0.05, 0.1) is 12.4 Å². The second kappa shape index (κ2) is 6.36. The van der Waals surface area contributed by atoms with Crippen LogP contribution in [0.1, 0.15) is 6.92 Å². The lowest BCUT2D eigenvalue weighted by Gasteiger charge is -2.04. The summed E-state index contributed by atoms with van der Waals surface area (Å²) in [5.41, 5.74) is 0. The minimum absolute atomic E-state index is 0.0983. The maximum atomic E-state index is 10.9. The van der Waals surface area contributed by atoms with Crippen molar-refractivity contribution in [2.45, 2.75) is 6.92 Å². The van der Waals surface area contributed by atoms with E-state index in [9.17, 15) is 18.0 Å². The fraction of sp³-hybridized carbons (Fsp3) is 0.714. The van der Waals surface area contributed by atoms with E-state index in [-0.39, 0.29) is 18.9 Å². The van der Waals surface area contributed by atoms with Crippen LogP contribution in [0, 0.1) is 0 Å². The number of esters is 1. The van der Waals surface area contributed by atoms with Gasteiger partial charge in [-0.25, -0.2) is 17.9 Å². The highest BCUT2D eigenvalue weighted by atomic mass is 32.2. The third kappa shape index (κ3) is 6.02. The Labute approximate surface area is 88.2 Å². The molecule has 0 unspecified atom stereocenters. The van der Waals surface area contributed by atoms with Crippen molar-refractivity contribution < 1.29 is 22.7 Å². The van der Waals surface area contributed by atoms with Gasteiger partial charge in [-0.2, -0.15) is 0 Å². The fourth-order valence-electron chi connectivity index (χ4n) is 0.670. The summed E-state index contributed by atoms with van der Waals surface area (Å²) in [5.74, 6) is -2.24. The molecule has 7 nitrogen and oxygen atoms in total. The molecule has 8 heteroatoms. The fourth-order valence-corrected chi connectivity index (χ4v) is 1.24. The summed E-state index contributed by atoms with van der Waals surface area (Å²) in [6.07, 6.45) is 0. The number of rotatable bonds is 5. The number of hydrogen-bond donors (Lipinski definition) is 2. The molecular weight excluding hydrogens is 224 g/mol. The molecule has 0 heterocycles. The molecule has 0 spiro atoms. The van der Waals surface area contributed by atoms with E-state index in [0.717, 1.165) is 0 Å². The molecule has 0 bridgehead atoms. The number of hydrogen-bond acceptors (Lipinski definition) is 5. The van der Waals surface area contributed by atoms with Gasteiger partial charge in [0.1, 0.15) is 0 Å². The van der Waals surface area contributed by atoms with E-state index < -0.39 is 21.9 Å². The number of amides is 1. The van der Waals surface area contributed by atoms with Gasteiger partial charge in [-0.1, -0.05) is 0 Å². The third-order valence-electron chi connectivity index (χ3n) is 1.43. The van der Waals surface area contributed by atoms with Crippen molar-refractivity contribution in [3.8, 4) is 0 Å². The Balaban J connectivity index is 3.88. The lowest BCUT2D eigenvalue weighted by molar-refractivity contribution is -0.154. The summed E-state index contributed by atoms with van der Waals surface area (Å²) in [6, 6.07) is 0. The quantitative estimate of drug-likeness (QED) is 0.435. The molecule has 0 radical (unpaired) electrons. The van der Waals surface area contributed by atoms with Crippen molar-refractivity contribution in [2.24, 2.45) is 0 Å². The Hall–Kier alpha value is -1.15. The van der Waals surface area contributed by atoms with E-state index in [0.29, 0.717) is 0 Å². The van der Waals surface area contributed by atoms with Crippen molar-refractivity contribution in [1.29, 1.82) is 0 Å². The standard InChI is InChI=1S/C7H14N2O5S/c1-3-14-7(11)6(10)9-4-5-15(12,13)8-2/h8H,3-5H2,1-2H3,(H,9,10). The predicted molar refractivity (Wildman–Crippen MR) is 52.5 cm³/mol. The van der Waals surface area contributed by atoms with Crippen LogP contribution >= 0.6 is 0 Å². The maximum Gasteiger partial charge on any atom is 0.396 e. The minimum atomic E-state index is -3.37. The van der Waals surface area contributed by atoms with Gasteiger partial charge in [0.15, 0.2) is 0 Å². The molecule has 2 N–H and O–H groups in total. The topological polar surface area (TPSA) is 102 Å². The van der Waals surface area contributed by atoms with Crippen LogP contribution < -0.4 is 10.0 Å². The largest absolute Gasteiger partial charge is 0.459 e. The van der Waals surface area contributed by atoms with Gasteiger partial charge in [-0.3, -0.25) is 4.79 Å². The Kier molecular flexibility index (Phi) is 5.87. The van der Waals surface area contributed by atoms with Crippen molar-refractivity contribution in [3.63, 3.8) is 0 Å². The van der Waals surface area contributed by atoms with E-state index in [1.54, 1.807) is 6.92 Å². The Morgan fingerprint density at radius 1 is 1.33 bits per heavy atom. The lowest BCUT2D eigenvalue weighted by Crippen LogP contribution is -2.37. The van der Waals surface area contributed by atoms with E-state index in [1.807, 2.05) is 0 Å². The molecule has 0 fully saturated rings. The van der Waals surface area contributed by atoms with E-state index >= 15 is 0 Å². The highest BCUT2D eigenvalue weighted by Gasteiger charge is 2.15. The molecule has 15 heavy (non-hydrogen) atoms. The first-order valence-corrected chi connectivity index (χ1v) is 5.94. The smallest absolute Gasteiger partial charge is 0.396 e. The Morgan fingerprint density at radius 3 is 2.40 bits per heavy atom. The number of nitrogens with one attached hydrogen (secondary N) is 2. The summed E-state index contributed by atoms with van der Waals surface area (Å²) in [5, 5.41) is 2.13. The SMILES string of the molecule is CCOC(=O)C(=O)NCCS(=O)(=O)NC. The van der Waals surface area contributed by atoms with Crippen LogP contribution in [0.3, 0.4) is 0 Å². The zero-order valence-electron chi connectivity index (χ0n) is 8.57. The molecule has 0 saturated carbocycles. The molecule has 0 aromatic heterocycles. The Morgan fingerprint density at radius 2 is 1.93 bits per heavy atom. The molecule has 88 valence electrons. The van der Waals surface area contributed by atoms with Gasteiger partial charge < -0.3 is 10.1 Å². The third-order valence-corrected chi connectivity index (χ3v) is 2.79. The number of ether oxygens (including phenoxy) is 1. The van der Waals surface area contributed by atoms with Crippen molar-refractivity contribution in [3.05, 3.63) is 0 Å². The van der Waals surface area contributed by atoms with E-state index in [2.05, 4.69) is 14.8 Å². The van der Waals surface area contributed by atoms with Crippen LogP contribution in [0.25, 0.3) is 0 Å². The molecule has 0 aliphatic carbocycles. The van der Waals surface area contributed by atoms with Crippen LogP contribution in [0.2, 0.25) is 0 Å². The van der Waals surface area contributed by atoms with Crippen molar-refractivity contribution >= 4 is 21.9 Å². The predicted octanol–water partition coefficient (Wildman–Crippen LogP) is -1.79. The molecule has 0 rings (SSSR count). The molecule has 0 aliphatic heterocycles. The molecular formula is C7H14N2O5S. The molecule has 0 aromatic rings. The van der Waals surface area contributed by atoms with E-state index in [4.69, 9.17) is 0 Å². The normalized spacial score (nSPS) is 10.8. The van der Waals surface area contributed by atoms with Crippen molar-refractivity contribution in [1.82, 2.24) is 10.0 Å². The highest BCUT2D eigenvalue weighted by Crippen LogP contribution is 1.81. The highest BCUT2D eigenvalue weighted by molar-refractivity contribution is 7.89. The van der Waals surface area contributed by atoms with Gasteiger partial charge in [-0.05, 0) is 14.0 Å². The minimum Gasteiger partial charge on any atom is -0.459 e. The average Bonchev–Trinajstić information content (AvgIpc) is 2.18. The lowest BCUT2D eigenvalue weighted by atomic mass is 10.6.